The highest BCUT2D eigenvalue weighted by atomic mass is 32.2. The maximum atomic E-state index is 13.0. The van der Waals surface area contributed by atoms with Gasteiger partial charge in [-0.15, -0.1) is 0 Å². The molecule has 0 heterocycles. The van der Waals surface area contributed by atoms with Gasteiger partial charge in [0, 0.05) is 5.56 Å². The van der Waals surface area contributed by atoms with Gasteiger partial charge in [0.05, 0.1) is 30.8 Å². The van der Waals surface area contributed by atoms with Crippen LogP contribution in [0, 0.1) is 0 Å². The monoisotopic (exact) mass is 443 g/mol. The molecule has 1 atom stereocenters. The summed E-state index contributed by atoms with van der Waals surface area (Å²) in [5.74, 6) is -0.325. The maximum Gasteiger partial charge on any atom is 0.417 e. The first-order valence-electron chi connectivity index (χ1n) is 8.57. The first-order valence-corrected chi connectivity index (χ1v) is 10.4. The van der Waals surface area contributed by atoms with Gasteiger partial charge in [0.15, 0.2) is 0 Å². The van der Waals surface area contributed by atoms with E-state index >= 15 is 0 Å². The summed E-state index contributed by atoms with van der Waals surface area (Å²) in [5.41, 5.74) is 1.15. The third kappa shape index (κ3) is 5.72. The van der Waals surface area contributed by atoms with Crippen molar-refractivity contribution in [1.29, 1.82) is 0 Å². The fourth-order valence-corrected chi connectivity index (χ4v) is 3.84. The van der Waals surface area contributed by atoms with Crippen LogP contribution < -0.4 is 14.5 Å². The van der Waals surface area contributed by atoms with Gasteiger partial charge in [-0.05, 0) is 37.3 Å². The number of methoxy groups -OCH3 is 1. The van der Waals surface area contributed by atoms with Crippen molar-refractivity contribution in [3.8, 4) is 5.75 Å². The molecule has 1 N–H and O–H groups in total. The number of hydrogen-bond donors (Lipinski definition) is 1. The van der Waals surface area contributed by atoms with Crippen LogP contribution in [-0.4, -0.2) is 39.9 Å². The number of nitrogens with zero attached hydrogens (tertiary/aromatic N) is 2. The molecule has 162 valence electrons. The van der Waals surface area contributed by atoms with E-state index in [1.165, 1.54) is 56.5 Å². The van der Waals surface area contributed by atoms with Crippen molar-refractivity contribution >= 4 is 27.8 Å². The van der Waals surface area contributed by atoms with Gasteiger partial charge in [-0.1, -0.05) is 18.2 Å². The summed E-state index contributed by atoms with van der Waals surface area (Å²) in [7, 11) is -2.40. The second-order valence-corrected chi connectivity index (χ2v) is 8.11. The lowest BCUT2D eigenvalue weighted by Gasteiger charge is -2.27. The summed E-state index contributed by atoms with van der Waals surface area (Å²) < 4.78 is 69.4. The van der Waals surface area contributed by atoms with E-state index in [9.17, 15) is 26.4 Å². The van der Waals surface area contributed by atoms with Gasteiger partial charge in [0.25, 0.3) is 5.91 Å². The Hall–Kier alpha value is -3.08. The lowest BCUT2D eigenvalue weighted by molar-refractivity contribution is -0.137. The zero-order valence-electron chi connectivity index (χ0n) is 16.3. The van der Waals surface area contributed by atoms with E-state index in [4.69, 9.17) is 4.74 Å². The van der Waals surface area contributed by atoms with Crippen LogP contribution in [0.15, 0.2) is 53.6 Å². The molecule has 0 saturated heterocycles. The van der Waals surface area contributed by atoms with Crippen molar-refractivity contribution < 1.29 is 31.1 Å². The lowest BCUT2D eigenvalue weighted by Crippen LogP contribution is -2.46. The van der Waals surface area contributed by atoms with Crippen LogP contribution in [0.1, 0.15) is 18.1 Å². The van der Waals surface area contributed by atoms with Gasteiger partial charge >= 0.3 is 6.18 Å². The summed E-state index contributed by atoms with van der Waals surface area (Å²) in [5, 5.41) is 3.56. The number of sulfonamides is 1. The minimum atomic E-state index is -4.58. The van der Waals surface area contributed by atoms with E-state index in [1.54, 1.807) is 0 Å². The average molecular weight is 443 g/mol. The number of alkyl halides is 3. The molecular formula is C19H20F3N3O4S. The van der Waals surface area contributed by atoms with Gasteiger partial charge in [0.2, 0.25) is 10.0 Å². The molecule has 1 amide bonds. The highest BCUT2D eigenvalue weighted by Crippen LogP contribution is 2.31. The maximum absolute atomic E-state index is 13.0. The molecule has 0 spiro atoms. The van der Waals surface area contributed by atoms with Crippen molar-refractivity contribution in [1.82, 2.24) is 5.43 Å². The van der Waals surface area contributed by atoms with Crippen LogP contribution in [-0.2, 0) is 21.0 Å². The minimum Gasteiger partial charge on any atom is -0.497 e. The lowest BCUT2D eigenvalue weighted by atomic mass is 10.1. The second kappa shape index (κ2) is 9.16. The number of amides is 1. The molecule has 30 heavy (non-hydrogen) atoms. The highest BCUT2D eigenvalue weighted by molar-refractivity contribution is 7.92. The Morgan fingerprint density at radius 3 is 2.30 bits per heavy atom. The molecule has 0 bridgehead atoms. The van der Waals surface area contributed by atoms with Crippen molar-refractivity contribution in [2.24, 2.45) is 5.10 Å². The van der Waals surface area contributed by atoms with Crippen LogP contribution in [0.25, 0.3) is 0 Å². The van der Waals surface area contributed by atoms with E-state index in [0.717, 1.165) is 22.8 Å². The molecule has 0 radical (unpaired) electrons. The van der Waals surface area contributed by atoms with Crippen LogP contribution in [0.5, 0.6) is 5.75 Å². The predicted molar refractivity (Wildman–Crippen MR) is 107 cm³/mol. The van der Waals surface area contributed by atoms with Gasteiger partial charge in [-0.2, -0.15) is 18.3 Å². The summed E-state index contributed by atoms with van der Waals surface area (Å²) in [4.78, 5) is 12.4. The summed E-state index contributed by atoms with van der Waals surface area (Å²) in [6.07, 6.45) is -2.79. The number of rotatable bonds is 7. The third-order valence-corrected chi connectivity index (χ3v) is 5.30. The molecule has 0 fully saturated rings. The molecular weight excluding hydrogens is 423 g/mol. The molecule has 0 aliphatic carbocycles. The molecule has 0 aliphatic rings. The molecule has 0 saturated carbocycles. The number of hydrazone groups is 1. The number of hydrogen-bond acceptors (Lipinski definition) is 5. The Bertz CT molecular complexity index is 1020. The quantitative estimate of drug-likeness (QED) is 0.526. The first-order chi connectivity index (χ1) is 13.9. The Morgan fingerprint density at radius 1 is 1.17 bits per heavy atom. The highest BCUT2D eigenvalue weighted by Gasteiger charge is 2.32. The van der Waals surface area contributed by atoms with E-state index in [-0.39, 0.29) is 11.3 Å². The Morgan fingerprint density at radius 2 is 1.77 bits per heavy atom. The van der Waals surface area contributed by atoms with E-state index in [1.807, 2.05) is 0 Å². The van der Waals surface area contributed by atoms with Crippen LogP contribution in [0.2, 0.25) is 0 Å². The minimum absolute atomic E-state index is 0.215. The molecule has 0 unspecified atom stereocenters. The Kier molecular flexibility index (Phi) is 7.08. The third-order valence-electron chi connectivity index (χ3n) is 4.06. The molecule has 0 aliphatic heterocycles. The summed E-state index contributed by atoms with van der Waals surface area (Å²) in [6.45, 7) is 1.33. The van der Waals surface area contributed by atoms with Gasteiger partial charge in [-0.25, -0.2) is 13.8 Å². The van der Waals surface area contributed by atoms with Crippen LogP contribution in [0.4, 0.5) is 18.9 Å². The van der Waals surface area contributed by atoms with Gasteiger partial charge < -0.3 is 4.74 Å². The van der Waals surface area contributed by atoms with E-state index < -0.39 is 33.7 Å². The van der Waals surface area contributed by atoms with Crippen molar-refractivity contribution in [2.45, 2.75) is 19.1 Å². The number of carbonyl (C=O) groups excluding carboxylic acids is 1. The first kappa shape index (κ1) is 23.2. The summed E-state index contributed by atoms with van der Waals surface area (Å²) in [6, 6.07) is 9.50. The molecule has 2 aromatic rings. The van der Waals surface area contributed by atoms with Gasteiger partial charge in [0.1, 0.15) is 11.8 Å². The van der Waals surface area contributed by atoms with E-state index in [2.05, 4.69) is 10.5 Å². The number of anilines is 1. The number of halogens is 3. The Balaban J connectivity index is 2.21. The zero-order chi connectivity index (χ0) is 22.5. The number of nitrogens with one attached hydrogen (secondary N) is 1. The molecule has 0 aromatic heterocycles. The predicted octanol–water partition coefficient (Wildman–Crippen LogP) is 3.02. The molecule has 2 aromatic carbocycles. The number of carbonyl (C=O) groups is 1. The normalized spacial score (nSPS) is 13.1. The van der Waals surface area contributed by atoms with Crippen molar-refractivity contribution in [3.05, 3.63) is 59.7 Å². The topological polar surface area (TPSA) is 88.1 Å². The summed E-state index contributed by atoms with van der Waals surface area (Å²) >= 11 is 0. The van der Waals surface area contributed by atoms with Gasteiger partial charge in [-0.3, -0.25) is 9.10 Å². The molecule has 7 nitrogen and oxygen atoms in total. The second-order valence-electron chi connectivity index (χ2n) is 6.25. The fourth-order valence-electron chi connectivity index (χ4n) is 2.66. The van der Waals surface area contributed by atoms with Crippen LogP contribution in [0.3, 0.4) is 0 Å². The van der Waals surface area contributed by atoms with Crippen molar-refractivity contribution in [3.63, 3.8) is 0 Å². The van der Waals surface area contributed by atoms with E-state index in [0.29, 0.717) is 5.75 Å². The Labute approximate surface area is 172 Å². The number of benzene rings is 2. The van der Waals surface area contributed by atoms with Crippen LogP contribution >= 0.6 is 0 Å². The fraction of sp³-hybridized carbons (Fsp3) is 0.263. The molecule has 2 rings (SSSR count). The number of ether oxygens (including phenoxy) is 1. The molecule has 11 heteroatoms. The average Bonchev–Trinajstić information content (AvgIpc) is 2.67. The zero-order valence-corrected chi connectivity index (χ0v) is 17.2. The largest absolute Gasteiger partial charge is 0.497 e. The standard InChI is InChI=1S/C19H20F3N3O4S/c1-13(25(30(3,27)28)15-8-10-16(29-2)11-9-15)18(26)24-23-12-14-6-4-5-7-17(14)19(20,21)22/h4-13H,1-3H3,(H,24,26)/b23-12-/t13-/m1/s1. The SMILES string of the molecule is COc1ccc(N([C@H](C)C(=O)N/N=C\c2ccccc2C(F)(F)F)S(C)(=O)=O)cc1. The smallest absolute Gasteiger partial charge is 0.417 e. The van der Waals surface area contributed by atoms with Crippen molar-refractivity contribution in [2.75, 3.05) is 17.7 Å².